The normalized spacial score (nSPS) is 28.4. The zero-order valence-corrected chi connectivity index (χ0v) is 8.00. The van der Waals surface area contributed by atoms with Crippen LogP contribution in [0, 0.1) is 5.92 Å². The van der Waals surface area contributed by atoms with E-state index < -0.39 is 5.60 Å². The first-order valence-electron chi connectivity index (χ1n) is 5.16. The predicted molar refractivity (Wildman–Crippen MR) is 48.5 cm³/mol. The van der Waals surface area contributed by atoms with Crippen molar-refractivity contribution in [3.63, 3.8) is 0 Å². The van der Waals surface area contributed by atoms with Gasteiger partial charge in [0, 0.05) is 0 Å². The molecule has 0 unspecified atom stereocenters. The smallest absolute Gasteiger partial charge is 0.111 e. The van der Waals surface area contributed by atoms with Crippen LogP contribution in [0.15, 0.2) is 0 Å². The zero-order chi connectivity index (χ0) is 9.15. The molecule has 1 aliphatic heterocycles. The van der Waals surface area contributed by atoms with Crippen molar-refractivity contribution in [1.29, 1.82) is 0 Å². The van der Waals surface area contributed by atoms with E-state index in [1.54, 1.807) is 0 Å². The fourth-order valence-electron chi connectivity index (χ4n) is 1.71. The largest absolute Gasteiger partial charge is 0.385 e. The lowest BCUT2D eigenvalue weighted by molar-refractivity contribution is -0.0621. The van der Waals surface area contributed by atoms with E-state index in [4.69, 9.17) is 9.47 Å². The zero-order valence-electron chi connectivity index (χ0n) is 8.00. The van der Waals surface area contributed by atoms with Crippen molar-refractivity contribution in [3.05, 3.63) is 0 Å². The maximum absolute atomic E-state index is 10.1. The highest BCUT2D eigenvalue weighted by Gasteiger charge is 2.32. The Morgan fingerprint density at radius 2 is 1.77 bits per heavy atom. The third kappa shape index (κ3) is 2.93. The number of hydrogen-bond acceptors (Lipinski definition) is 3. The van der Waals surface area contributed by atoms with E-state index in [1.165, 1.54) is 12.8 Å². The summed E-state index contributed by atoms with van der Waals surface area (Å²) in [4.78, 5) is 0. The SMILES string of the molecule is OC1(CCC2CC2)COCCOC1. The maximum Gasteiger partial charge on any atom is 0.111 e. The molecule has 2 rings (SSSR count). The van der Waals surface area contributed by atoms with Crippen LogP contribution in [0.2, 0.25) is 0 Å². The van der Waals surface area contributed by atoms with Crippen molar-refractivity contribution in [1.82, 2.24) is 0 Å². The standard InChI is InChI=1S/C10H18O3/c11-10(4-3-9-1-2-9)7-12-5-6-13-8-10/h9,11H,1-8H2. The van der Waals surface area contributed by atoms with Crippen molar-refractivity contribution < 1.29 is 14.6 Å². The van der Waals surface area contributed by atoms with Crippen molar-refractivity contribution in [2.75, 3.05) is 26.4 Å². The molecular weight excluding hydrogens is 168 g/mol. The Bertz CT molecular complexity index is 158. The molecular formula is C10H18O3. The monoisotopic (exact) mass is 186 g/mol. The molecule has 0 radical (unpaired) electrons. The van der Waals surface area contributed by atoms with Gasteiger partial charge in [0.1, 0.15) is 5.60 Å². The van der Waals surface area contributed by atoms with Crippen LogP contribution < -0.4 is 0 Å². The molecule has 1 N–H and O–H groups in total. The van der Waals surface area contributed by atoms with Gasteiger partial charge < -0.3 is 14.6 Å². The van der Waals surface area contributed by atoms with Gasteiger partial charge in [0.2, 0.25) is 0 Å². The van der Waals surface area contributed by atoms with E-state index in [9.17, 15) is 5.11 Å². The molecule has 0 bridgehead atoms. The molecule has 0 spiro atoms. The lowest BCUT2D eigenvalue weighted by Crippen LogP contribution is -2.38. The number of rotatable bonds is 3. The van der Waals surface area contributed by atoms with Crippen LogP contribution in [-0.2, 0) is 9.47 Å². The predicted octanol–water partition coefficient (Wildman–Crippen LogP) is 0.954. The third-order valence-electron chi connectivity index (χ3n) is 2.83. The van der Waals surface area contributed by atoms with Crippen molar-refractivity contribution in [2.24, 2.45) is 5.92 Å². The Hall–Kier alpha value is -0.120. The summed E-state index contributed by atoms with van der Waals surface area (Å²) in [6.07, 6.45) is 4.65. The van der Waals surface area contributed by atoms with Crippen LogP contribution in [0.5, 0.6) is 0 Å². The maximum atomic E-state index is 10.1. The first kappa shape index (κ1) is 9.44. The van der Waals surface area contributed by atoms with Gasteiger partial charge in [0.15, 0.2) is 0 Å². The molecule has 0 aromatic rings. The van der Waals surface area contributed by atoms with Crippen LogP contribution in [0.4, 0.5) is 0 Å². The van der Waals surface area contributed by atoms with E-state index in [0.717, 1.165) is 18.8 Å². The molecule has 76 valence electrons. The average Bonchev–Trinajstić information content (AvgIpc) is 2.89. The van der Waals surface area contributed by atoms with Crippen LogP contribution in [-0.4, -0.2) is 37.1 Å². The van der Waals surface area contributed by atoms with Gasteiger partial charge in [-0.3, -0.25) is 0 Å². The van der Waals surface area contributed by atoms with E-state index >= 15 is 0 Å². The molecule has 3 heteroatoms. The van der Waals surface area contributed by atoms with Crippen molar-refractivity contribution in [3.8, 4) is 0 Å². The number of hydrogen-bond donors (Lipinski definition) is 1. The Balaban J connectivity index is 1.76. The second-order valence-corrected chi connectivity index (χ2v) is 4.31. The van der Waals surface area contributed by atoms with Gasteiger partial charge in [-0.05, 0) is 18.8 Å². The lowest BCUT2D eigenvalue weighted by atomic mass is 9.98. The molecule has 2 fully saturated rings. The number of aliphatic hydroxyl groups is 1. The van der Waals surface area contributed by atoms with Gasteiger partial charge in [0.05, 0.1) is 26.4 Å². The molecule has 0 amide bonds. The summed E-state index contributed by atoms with van der Waals surface area (Å²) in [6.45, 7) is 2.12. The summed E-state index contributed by atoms with van der Waals surface area (Å²) in [5.41, 5.74) is -0.709. The van der Waals surface area contributed by atoms with Gasteiger partial charge in [-0.15, -0.1) is 0 Å². The van der Waals surface area contributed by atoms with Gasteiger partial charge in [-0.2, -0.15) is 0 Å². The first-order valence-corrected chi connectivity index (χ1v) is 5.16. The number of ether oxygens (including phenoxy) is 2. The average molecular weight is 186 g/mol. The quantitative estimate of drug-likeness (QED) is 0.713. The molecule has 3 nitrogen and oxygen atoms in total. The highest BCUT2D eigenvalue weighted by Crippen LogP contribution is 2.35. The molecule has 0 atom stereocenters. The summed E-state index contributed by atoms with van der Waals surface area (Å²) >= 11 is 0. The van der Waals surface area contributed by atoms with Gasteiger partial charge >= 0.3 is 0 Å². The fourth-order valence-corrected chi connectivity index (χ4v) is 1.71. The molecule has 1 aliphatic carbocycles. The van der Waals surface area contributed by atoms with Crippen molar-refractivity contribution >= 4 is 0 Å². The molecule has 1 heterocycles. The minimum Gasteiger partial charge on any atom is -0.385 e. The van der Waals surface area contributed by atoms with Crippen LogP contribution in [0.1, 0.15) is 25.7 Å². The van der Waals surface area contributed by atoms with Gasteiger partial charge in [-0.1, -0.05) is 12.8 Å². The molecule has 0 aromatic carbocycles. The Morgan fingerprint density at radius 3 is 2.31 bits per heavy atom. The minimum absolute atomic E-state index is 0.444. The lowest BCUT2D eigenvalue weighted by Gasteiger charge is -2.24. The molecule has 2 aliphatic rings. The molecule has 1 saturated carbocycles. The first-order chi connectivity index (χ1) is 6.29. The molecule has 13 heavy (non-hydrogen) atoms. The minimum atomic E-state index is -0.709. The van der Waals surface area contributed by atoms with E-state index in [1.807, 2.05) is 0 Å². The molecule has 1 saturated heterocycles. The van der Waals surface area contributed by atoms with Gasteiger partial charge in [0.25, 0.3) is 0 Å². The van der Waals surface area contributed by atoms with E-state index in [2.05, 4.69) is 0 Å². The van der Waals surface area contributed by atoms with E-state index in [-0.39, 0.29) is 0 Å². The van der Waals surface area contributed by atoms with Crippen LogP contribution in [0.25, 0.3) is 0 Å². The summed E-state index contributed by atoms with van der Waals surface area (Å²) in [6, 6.07) is 0. The summed E-state index contributed by atoms with van der Waals surface area (Å²) in [7, 11) is 0. The van der Waals surface area contributed by atoms with Crippen LogP contribution in [0.3, 0.4) is 0 Å². The fraction of sp³-hybridized carbons (Fsp3) is 1.00. The summed E-state index contributed by atoms with van der Waals surface area (Å²) in [5.74, 6) is 0.868. The highest BCUT2D eigenvalue weighted by atomic mass is 16.6. The van der Waals surface area contributed by atoms with Crippen molar-refractivity contribution in [2.45, 2.75) is 31.3 Å². The second-order valence-electron chi connectivity index (χ2n) is 4.31. The Morgan fingerprint density at radius 1 is 1.15 bits per heavy atom. The Labute approximate surface area is 79.0 Å². The third-order valence-corrected chi connectivity index (χ3v) is 2.83. The summed E-state index contributed by atoms with van der Waals surface area (Å²) in [5, 5.41) is 10.1. The summed E-state index contributed by atoms with van der Waals surface area (Å²) < 4.78 is 10.6. The molecule has 0 aromatic heterocycles. The van der Waals surface area contributed by atoms with Gasteiger partial charge in [-0.25, -0.2) is 0 Å². The second kappa shape index (κ2) is 3.95. The van der Waals surface area contributed by atoms with E-state index in [0.29, 0.717) is 26.4 Å². The van der Waals surface area contributed by atoms with Crippen LogP contribution >= 0.6 is 0 Å². The Kier molecular flexibility index (Phi) is 2.86. The topological polar surface area (TPSA) is 38.7 Å². The highest BCUT2D eigenvalue weighted by molar-refractivity contribution is 4.83.